The first kappa shape index (κ1) is 14.3. The predicted octanol–water partition coefficient (Wildman–Crippen LogP) is 1.29. The van der Waals surface area contributed by atoms with Gasteiger partial charge in [0.15, 0.2) is 0 Å². The molecule has 1 unspecified atom stereocenters. The van der Waals surface area contributed by atoms with Crippen molar-refractivity contribution in [2.24, 2.45) is 11.1 Å². The van der Waals surface area contributed by atoms with E-state index in [0.717, 1.165) is 11.3 Å². The zero-order valence-corrected chi connectivity index (χ0v) is 12.0. The Balaban J connectivity index is 2.23. The maximum Gasteiger partial charge on any atom is 0.227 e. The Kier molecular flexibility index (Phi) is 3.85. The molecule has 0 spiro atoms. The monoisotopic (exact) mass is 302 g/mol. The van der Waals surface area contributed by atoms with Crippen molar-refractivity contribution in [3.63, 3.8) is 0 Å². The molecule has 104 valence electrons. The number of halogens is 1. The van der Waals surface area contributed by atoms with Crippen LogP contribution >= 0.6 is 11.6 Å². The van der Waals surface area contributed by atoms with Gasteiger partial charge in [-0.25, -0.2) is 13.6 Å². The number of anilines is 1. The molecule has 2 N–H and O–H groups in total. The van der Waals surface area contributed by atoms with Crippen LogP contribution in [0, 0.1) is 12.8 Å². The molecule has 1 amide bonds. The fourth-order valence-corrected chi connectivity index (χ4v) is 3.39. The van der Waals surface area contributed by atoms with Crippen LogP contribution in [-0.4, -0.2) is 26.6 Å². The molecule has 1 fully saturated rings. The van der Waals surface area contributed by atoms with Crippen LogP contribution in [0.2, 0.25) is 5.02 Å². The van der Waals surface area contributed by atoms with E-state index in [-0.39, 0.29) is 24.0 Å². The topological polar surface area (TPSA) is 80.5 Å². The lowest BCUT2D eigenvalue weighted by molar-refractivity contribution is -0.117. The van der Waals surface area contributed by atoms with E-state index in [0.29, 0.717) is 11.6 Å². The molecule has 1 saturated heterocycles. The lowest BCUT2D eigenvalue weighted by atomic mass is 10.1. The fraction of sp³-hybridized carbons (Fsp3) is 0.417. The Morgan fingerprint density at radius 2 is 2.16 bits per heavy atom. The number of carbonyl (C=O) groups excluding carboxylic acids is 1. The van der Waals surface area contributed by atoms with Gasteiger partial charge in [-0.15, -0.1) is 0 Å². The van der Waals surface area contributed by atoms with Crippen molar-refractivity contribution in [2.45, 2.75) is 13.3 Å². The third kappa shape index (κ3) is 3.26. The molecule has 5 nitrogen and oxygen atoms in total. The predicted molar refractivity (Wildman–Crippen MR) is 74.6 cm³/mol. The van der Waals surface area contributed by atoms with Crippen LogP contribution in [-0.2, 0) is 14.8 Å². The zero-order valence-electron chi connectivity index (χ0n) is 10.5. The number of hydrogen-bond donors (Lipinski definition) is 1. The number of carbonyl (C=O) groups is 1. The summed E-state index contributed by atoms with van der Waals surface area (Å²) >= 11 is 6.03. The summed E-state index contributed by atoms with van der Waals surface area (Å²) in [6.07, 6.45) is 0.197. The molecule has 1 aromatic rings. The number of hydrogen-bond acceptors (Lipinski definition) is 3. The first-order valence-electron chi connectivity index (χ1n) is 5.84. The number of nitrogens with two attached hydrogens (primary N) is 1. The molecule has 1 atom stereocenters. The molecule has 1 aromatic carbocycles. The molecule has 1 heterocycles. The van der Waals surface area contributed by atoms with Gasteiger partial charge in [-0.3, -0.25) is 4.79 Å². The molecular formula is C12H15ClN2O3S. The average molecular weight is 303 g/mol. The van der Waals surface area contributed by atoms with E-state index in [1.165, 1.54) is 0 Å². The van der Waals surface area contributed by atoms with Gasteiger partial charge in [0, 0.05) is 29.6 Å². The van der Waals surface area contributed by atoms with Crippen LogP contribution in [0.4, 0.5) is 5.69 Å². The Hall–Kier alpha value is -1.11. The summed E-state index contributed by atoms with van der Waals surface area (Å²) in [6, 6.07) is 5.33. The van der Waals surface area contributed by atoms with Gasteiger partial charge in [-0.1, -0.05) is 17.7 Å². The van der Waals surface area contributed by atoms with Crippen molar-refractivity contribution in [3.8, 4) is 0 Å². The van der Waals surface area contributed by atoms with E-state index in [1.807, 2.05) is 6.92 Å². The smallest absolute Gasteiger partial charge is 0.227 e. The molecule has 0 radical (unpaired) electrons. The normalized spacial score (nSPS) is 20.1. The van der Waals surface area contributed by atoms with Gasteiger partial charge in [-0.2, -0.15) is 0 Å². The van der Waals surface area contributed by atoms with Gasteiger partial charge in [-0.05, 0) is 24.6 Å². The molecule has 7 heteroatoms. The Labute approximate surface area is 117 Å². The highest BCUT2D eigenvalue weighted by Crippen LogP contribution is 2.31. The fourth-order valence-electron chi connectivity index (χ4n) is 2.34. The first-order chi connectivity index (χ1) is 8.78. The number of benzene rings is 1. The van der Waals surface area contributed by atoms with E-state index < -0.39 is 10.0 Å². The van der Waals surface area contributed by atoms with Crippen LogP contribution < -0.4 is 10.0 Å². The van der Waals surface area contributed by atoms with Crippen molar-refractivity contribution < 1.29 is 13.2 Å². The van der Waals surface area contributed by atoms with Crippen molar-refractivity contribution in [1.29, 1.82) is 0 Å². The number of amides is 1. The van der Waals surface area contributed by atoms with Gasteiger partial charge >= 0.3 is 0 Å². The number of primary sulfonamides is 1. The maximum atomic E-state index is 12.0. The Morgan fingerprint density at radius 1 is 1.47 bits per heavy atom. The van der Waals surface area contributed by atoms with E-state index in [1.54, 1.807) is 23.1 Å². The van der Waals surface area contributed by atoms with Gasteiger partial charge in [0.1, 0.15) is 0 Å². The van der Waals surface area contributed by atoms with E-state index >= 15 is 0 Å². The quantitative estimate of drug-likeness (QED) is 0.913. The summed E-state index contributed by atoms with van der Waals surface area (Å²) < 4.78 is 22.2. The minimum atomic E-state index is -3.56. The highest BCUT2D eigenvalue weighted by Gasteiger charge is 2.33. The van der Waals surface area contributed by atoms with E-state index in [2.05, 4.69) is 0 Å². The van der Waals surface area contributed by atoms with Crippen LogP contribution in [0.25, 0.3) is 0 Å². The van der Waals surface area contributed by atoms with Crippen LogP contribution in [0.1, 0.15) is 12.0 Å². The highest BCUT2D eigenvalue weighted by atomic mass is 35.5. The molecule has 0 aliphatic carbocycles. The molecule has 0 saturated carbocycles. The second-order valence-corrected chi connectivity index (χ2v) is 6.85. The van der Waals surface area contributed by atoms with Gasteiger partial charge in [0.05, 0.1) is 5.75 Å². The summed E-state index contributed by atoms with van der Waals surface area (Å²) in [4.78, 5) is 13.6. The standard InChI is InChI=1S/C12H15ClN2O3S/c1-8-10(13)3-2-4-11(8)15-6-9(5-12(15)16)7-19(14,17)18/h2-4,9H,5-7H2,1H3,(H2,14,17,18). The summed E-state index contributed by atoms with van der Waals surface area (Å²) in [7, 11) is -3.56. The summed E-state index contributed by atoms with van der Waals surface area (Å²) in [5.74, 6) is -0.533. The van der Waals surface area contributed by atoms with E-state index in [9.17, 15) is 13.2 Å². The third-order valence-corrected chi connectivity index (χ3v) is 4.55. The molecule has 2 rings (SSSR count). The first-order valence-corrected chi connectivity index (χ1v) is 7.93. The van der Waals surface area contributed by atoms with Crippen molar-refractivity contribution >= 4 is 33.2 Å². The minimum absolute atomic E-state index is 0.0981. The minimum Gasteiger partial charge on any atom is -0.312 e. The van der Waals surface area contributed by atoms with Crippen LogP contribution in [0.5, 0.6) is 0 Å². The summed E-state index contributed by atoms with van der Waals surface area (Å²) in [6.45, 7) is 2.19. The van der Waals surface area contributed by atoms with E-state index in [4.69, 9.17) is 16.7 Å². The number of sulfonamides is 1. The highest BCUT2D eigenvalue weighted by molar-refractivity contribution is 7.89. The van der Waals surface area contributed by atoms with Gasteiger partial charge in [0.25, 0.3) is 0 Å². The molecule has 1 aliphatic heterocycles. The molecule has 0 aromatic heterocycles. The second kappa shape index (κ2) is 5.11. The summed E-state index contributed by atoms with van der Waals surface area (Å²) in [5.41, 5.74) is 1.54. The number of nitrogens with zero attached hydrogens (tertiary/aromatic N) is 1. The lowest BCUT2D eigenvalue weighted by Crippen LogP contribution is -2.28. The Bertz CT molecular complexity index is 615. The largest absolute Gasteiger partial charge is 0.312 e. The zero-order chi connectivity index (χ0) is 14.2. The molecular weight excluding hydrogens is 288 g/mol. The summed E-state index contributed by atoms with van der Waals surface area (Å²) in [5, 5.41) is 5.60. The third-order valence-electron chi connectivity index (χ3n) is 3.20. The second-order valence-electron chi connectivity index (χ2n) is 4.79. The van der Waals surface area contributed by atoms with Crippen LogP contribution in [0.3, 0.4) is 0 Å². The van der Waals surface area contributed by atoms with Gasteiger partial charge in [0.2, 0.25) is 15.9 Å². The van der Waals surface area contributed by atoms with Crippen molar-refractivity contribution in [2.75, 3.05) is 17.2 Å². The van der Waals surface area contributed by atoms with Gasteiger partial charge < -0.3 is 4.90 Å². The molecule has 1 aliphatic rings. The van der Waals surface area contributed by atoms with Crippen molar-refractivity contribution in [3.05, 3.63) is 28.8 Å². The maximum absolute atomic E-state index is 12.0. The van der Waals surface area contributed by atoms with Crippen molar-refractivity contribution in [1.82, 2.24) is 0 Å². The SMILES string of the molecule is Cc1c(Cl)cccc1N1CC(CS(N)(=O)=O)CC1=O. The molecule has 0 bridgehead atoms. The average Bonchev–Trinajstić information content (AvgIpc) is 2.61. The molecule has 19 heavy (non-hydrogen) atoms. The Morgan fingerprint density at radius 3 is 2.79 bits per heavy atom. The number of rotatable bonds is 3. The van der Waals surface area contributed by atoms with Crippen LogP contribution in [0.15, 0.2) is 18.2 Å². The lowest BCUT2D eigenvalue weighted by Gasteiger charge is -2.19.